The first-order chi connectivity index (χ1) is 19.9. The fourth-order valence-corrected chi connectivity index (χ4v) is 4.84. The molecule has 3 aromatic rings. The van der Waals surface area contributed by atoms with Crippen molar-refractivity contribution in [1.29, 1.82) is 0 Å². The van der Waals surface area contributed by atoms with Crippen LogP contribution in [0.3, 0.4) is 0 Å². The van der Waals surface area contributed by atoms with E-state index < -0.39 is 18.0 Å². The van der Waals surface area contributed by atoms with Crippen molar-refractivity contribution in [2.45, 2.75) is 19.6 Å². The molecule has 1 aromatic heterocycles. The molecule has 2 aliphatic heterocycles. The Morgan fingerprint density at radius 1 is 1.07 bits per heavy atom. The number of amides is 3. The van der Waals surface area contributed by atoms with E-state index in [4.69, 9.17) is 9.47 Å². The molecule has 1 atom stereocenters. The molecule has 5 rings (SSSR count). The number of ether oxygens (including phenoxy) is 2. The average molecular weight is 562 g/mol. The maximum absolute atomic E-state index is 15.1. The lowest BCUT2D eigenvalue weighted by Gasteiger charge is -2.35. The molecule has 10 nitrogen and oxygen atoms in total. The number of nitrogens with zero attached hydrogens (tertiary/aromatic N) is 4. The van der Waals surface area contributed by atoms with Gasteiger partial charge in [-0.05, 0) is 35.9 Å². The van der Waals surface area contributed by atoms with Crippen LogP contribution in [0.15, 0.2) is 66.9 Å². The van der Waals surface area contributed by atoms with E-state index in [2.05, 4.69) is 15.2 Å². The molecule has 0 bridgehead atoms. The summed E-state index contributed by atoms with van der Waals surface area (Å²) in [4.78, 5) is 45.7. The molecular weight excluding hydrogens is 529 g/mol. The third-order valence-electron chi connectivity index (χ3n) is 7.07. The summed E-state index contributed by atoms with van der Waals surface area (Å²) in [6.45, 7) is 4.65. The summed E-state index contributed by atoms with van der Waals surface area (Å²) in [5.74, 6) is 0.0143. The van der Waals surface area contributed by atoms with Gasteiger partial charge < -0.3 is 24.6 Å². The van der Waals surface area contributed by atoms with Gasteiger partial charge in [-0.25, -0.2) is 14.2 Å². The Labute approximate surface area is 237 Å². The van der Waals surface area contributed by atoms with Crippen LogP contribution in [0.1, 0.15) is 12.5 Å². The van der Waals surface area contributed by atoms with E-state index in [9.17, 15) is 14.4 Å². The van der Waals surface area contributed by atoms with Gasteiger partial charge in [-0.15, -0.1) is 0 Å². The predicted molar refractivity (Wildman–Crippen MR) is 151 cm³/mol. The monoisotopic (exact) mass is 561 g/mol. The van der Waals surface area contributed by atoms with Crippen LogP contribution in [-0.4, -0.2) is 79.8 Å². The van der Waals surface area contributed by atoms with Crippen molar-refractivity contribution in [2.24, 2.45) is 0 Å². The van der Waals surface area contributed by atoms with Crippen molar-refractivity contribution in [2.75, 3.05) is 55.7 Å². The van der Waals surface area contributed by atoms with E-state index in [0.717, 1.165) is 11.4 Å². The lowest BCUT2D eigenvalue weighted by molar-refractivity contribution is -0.136. The minimum absolute atomic E-state index is 0.0340. The third-order valence-corrected chi connectivity index (χ3v) is 7.07. The predicted octanol–water partition coefficient (Wildman–Crippen LogP) is 3.21. The first-order valence-electron chi connectivity index (χ1n) is 13.5. The quantitative estimate of drug-likeness (QED) is 0.428. The van der Waals surface area contributed by atoms with Crippen LogP contribution < -0.4 is 15.1 Å². The van der Waals surface area contributed by atoms with E-state index in [1.165, 1.54) is 17.9 Å². The standard InChI is InChI=1S/C30H32FN5O5/c1-21(37)32-17-25-18-36(30(39)41-25)24-8-9-26(27(31)15-24)23-7-10-28(33-16-23)34-11-13-35(14-12-34)29(38)20-40-19-22-5-3-2-4-6-22/h2-10,15-16,25H,11-14,17-20H2,1H3,(H,32,37)/t25-/m0/s1. The second-order valence-corrected chi connectivity index (χ2v) is 9.97. The molecule has 3 heterocycles. The van der Waals surface area contributed by atoms with Crippen molar-refractivity contribution in [3.63, 3.8) is 0 Å². The number of cyclic esters (lactones) is 1. The highest BCUT2D eigenvalue weighted by Gasteiger charge is 2.32. The highest BCUT2D eigenvalue weighted by Crippen LogP contribution is 2.29. The molecular formula is C30H32FN5O5. The van der Waals surface area contributed by atoms with Crippen LogP contribution >= 0.6 is 0 Å². The maximum Gasteiger partial charge on any atom is 0.414 e. The fourth-order valence-electron chi connectivity index (χ4n) is 4.84. The van der Waals surface area contributed by atoms with Crippen LogP contribution in [0.25, 0.3) is 11.1 Å². The molecule has 2 saturated heterocycles. The first-order valence-corrected chi connectivity index (χ1v) is 13.5. The second kappa shape index (κ2) is 12.8. The molecule has 2 aromatic carbocycles. The Morgan fingerprint density at radius 3 is 2.54 bits per heavy atom. The van der Waals surface area contributed by atoms with Gasteiger partial charge in [0.25, 0.3) is 0 Å². The second-order valence-electron chi connectivity index (χ2n) is 9.97. The Bertz CT molecular complexity index is 1380. The normalized spacial score (nSPS) is 17.0. The molecule has 41 heavy (non-hydrogen) atoms. The largest absolute Gasteiger partial charge is 0.442 e. The zero-order valence-electron chi connectivity index (χ0n) is 22.8. The smallest absolute Gasteiger partial charge is 0.414 e. The number of pyridine rings is 1. The summed E-state index contributed by atoms with van der Waals surface area (Å²) < 4.78 is 26.0. The Morgan fingerprint density at radius 2 is 1.85 bits per heavy atom. The number of aromatic nitrogens is 1. The van der Waals surface area contributed by atoms with Gasteiger partial charge in [-0.3, -0.25) is 14.5 Å². The van der Waals surface area contributed by atoms with Gasteiger partial charge in [0.15, 0.2) is 0 Å². The first kappa shape index (κ1) is 28.0. The molecule has 214 valence electrons. The SMILES string of the molecule is CC(=O)NC[C@H]1CN(c2ccc(-c3ccc(N4CCN(C(=O)COCc5ccccc5)CC4)nc3)c(F)c2)C(=O)O1. The number of hydrogen-bond acceptors (Lipinski definition) is 7. The number of halogens is 1. The molecule has 1 N–H and O–H groups in total. The van der Waals surface area contributed by atoms with Gasteiger partial charge in [0.1, 0.15) is 24.3 Å². The molecule has 3 amide bonds. The maximum atomic E-state index is 15.1. The van der Waals surface area contributed by atoms with E-state index in [1.807, 2.05) is 42.5 Å². The van der Waals surface area contributed by atoms with Crippen molar-refractivity contribution in [3.05, 3.63) is 78.2 Å². The number of anilines is 2. The summed E-state index contributed by atoms with van der Waals surface area (Å²) in [5.41, 5.74) is 2.37. The summed E-state index contributed by atoms with van der Waals surface area (Å²) in [6, 6.07) is 18.0. The Kier molecular flexibility index (Phi) is 8.73. The van der Waals surface area contributed by atoms with Gasteiger partial charge >= 0.3 is 6.09 Å². The molecule has 0 spiro atoms. The zero-order chi connectivity index (χ0) is 28.8. The van der Waals surface area contributed by atoms with Crippen molar-refractivity contribution < 1.29 is 28.2 Å². The topological polar surface area (TPSA) is 104 Å². The number of benzene rings is 2. The molecule has 2 fully saturated rings. The van der Waals surface area contributed by atoms with Gasteiger partial charge in [-0.2, -0.15) is 0 Å². The van der Waals surface area contributed by atoms with Crippen LogP contribution in [0.5, 0.6) is 0 Å². The van der Waals surface area contributed by atoms with Gasteiger partial charge in [-0.1, -0.05) is 30.3 Å². The number of rotatable bonds is 9. The minimum atomic E-state index is -0.583. The van der Waals surface area contributed by atoms with Crippen LogP contribution in [-0.2, 0) is 25.7 Å². The van der Waals surface area contributed by atoms with Gasteiger partial charge in [0, 0.05) is 50.4 Å². The lowest BCUT2D eigenvalue weighted by Crippen LogP contribution is -2.50. The molecule has 11 heteroatoms. The van der Waals surface area contributed by atoms with E-state index in [1.54, 1.807) is 23.2 Å². The molecule has 0 unspecified atom stereocenters. The number of carbonyl (C=O) groups is 3. The van der Waals surface area contributed by atoms with Crippen LogP contribution in [0.2, 0.25) is 0 Å². The van der Waals surface area contributed by atoms with Gasteiger partial charge in [0.2, 0.25) is 11.8 Å². The fraction of sp³-hybridized carbons (Fsp3) is 0.333. The number of hydrogen-bond donors (Lipinski definition) is 1. The molecule has 0 aliphatic carbocycles. The van der Waals surface area contributed by atoms with Gasteiger partial charge in [0.05, 0.1) is 25.4 Å². The number of nitrogens with one attached hydrogen (secondary N) is 1. The summed E-state index contributed by atoms with van der Waals surface area (Å²) in [7, 11) is 0. The lowest BCUT2D eigenvalue weighted by atomic mass is 10.1. The molecule has 0 radical (unpaired) electrons. The molecule has 0 saturated carbocycles. The third kappa shape index (κ3) is 6.98. The zero-order valence-corrected chi connectivity index (χ0v) is 22.8. The van der Waals surface area contributed by atoms with E-state index >= 15 is 4.39 Å². The van der Waals surface area contributed by atoms with Crippen molar-refractivity contribution in [3.8, 4) is 11.1 Å². The Balaban J connectivity index is 1.13. The highest BCUT2D eigenvalue weighted by atomic mass is 19.1. The van der Waals surface area contributed by atoms with Crippen molar-refractivity contribution in [1.82, 2.24) is 15.2 Å². The van der Waals surface area contributed by atoms with Crippen molar-refractivity contribution >= 4 is 29.4 Å². The summed E-state index contributed by atoms with van der Waals surface area (Å²) >= 11 is 0. The number of piperazine rings is 1. The van der Waals surface area contributed by atoms with E-state index in [-0.39, 0.29) is 31.5 Å². The minimum Gasteiger partial charge on any atom is -0.442 e. The highest BCUT2D eigenvalue weighted by molar-refractivity contribution is 5.90. The average Bonchev–Trinajstić information content (AvgIpc) is 3.37. The Hall–Kier alpha value is -4.51. The van der Waals surface area contributed by atoms with Crippen LogP contribution in [0.4, 0.5) is 20.7 Å². The summed E-state index contributed by atoms with van der Waals surface area (Å²) in [6.07, 6.45) is 0.537. The van der Waals surface area contributed by atoms with E-state index in [0.29, 0.717) is 49.6 Å². The summed E-state index contributed by atoms with van der Waals surface area (Å²) in [5, 5.41) is 2.62. The number of carbonyl (C=O) groups excluding carboxylic acids is 3. The van der Waals surface area contributed by atoms with Crippen LogP contribution in [0, 0.1) is 5.82 Å². The molecule has 2 aliphatic rings.